The number of rotatable bonds is 3. The van der Waals surface area contributed by atoms with E-state index in [1.54, 1.807) is 0 Å². The van der Waals surface area contributed by atoms with Gasteiger partial charge >= 0.3 is 0 Å². The second-order valence-corrected chi connectivity index (χ2v) is 17.0. The lowest BCUT2D eigenvalue weighted by Crippen LogP contribution is -2.26. The van der Waals surface area contributed by atoms with E-state index in [0.29, 0.717) is 0 Å². The van der Waals surface area contributed by atoms with Crippen molar-refractivity contribution in [3.05, 3.63) is 247 Å². The minimum Gasteiger partial charge on any atom is -0.454 e. The molecule has 0 radical (unpaired) electrons. The van der Waals surface area contributed by atoms with Crippen LogP contribution in [0.2, 0.25) is 0 Å². The van der Waals surface area contributed by atoms with E-state index in [1.165, 1.54) is 89.0 Å². The molecule has 1 aromatic heterocycles. The Labute approximate surface area is 365 Å². The SMILES string of the molecule is c1ccc2c(c1)-c1ccccc1-c1ccc(N(c3cccc4c3-c3ccccc3C43c4ccccc4-c4ccccc43)c3cccc4c3oc3ccccc34)cc1-c1ccccc1-2. The van der Waals surface area contributed by atoms with Crippen molar-refractivity contribution >= 4 is 39.0 Å². The Morgan fingerprint density at radius 3 is 1.35 bits per heavy atom. The fourth-order valence-corrected chi connectivity index (χ4v) is 11.6. The summed E-state index contributed by atoms with van der Waals surface area (Å²) in [4.78, 5) is 2.48. The van der Waals surface area contributed by atoms with Crippen LogP contribution in [-0.4, -0.2) is 0 Å². The van der Waals surface area contributed by atoms with Gasteiger partial charge in [-0.1, -0.05) is 194 Å². The van der Waals surface area contributed by atoms with Crippen molar-refractivity contribution in [2.75, 3.05) is 4.90 Å². The minimum absolute atomic E-state index is 0.478. The van der Waals surface area contributed by atoms with Crippen LogP contribution in [0.3, 0.4) is 0 Å². The monoisotopic (exact) mass is 799 g/mol. The van der Waals surface area contributed by atoms with Gasteiger partial charge in [0.05, 0.1) is 16.8 Å². The lowest BCUT2D eigenvalue weighted by atomic mass is 9.70. The van der Waals surface area contributed by atoms with Crippen LogP contribution in [0.1, 0.15) is 22.3 Å². The van der Waals surface area contributed by atoms with Gasteiger partial charge in [0.2, 0.25) is 0 Å². The van der Waals surface area contributed by atoms with Crippen LogP contribution in [-0.2, 0) is 5.41 Å². The predicted molar refractivity (Wildman–Crippen MR) is 260 cm³/mol. The van der Waals surface area contributed by atoms with E-state index in [0.717, 1.165) is 39.0 Å². The first-order chi connectivity index (χ1) is 31.3. The standard InChI is InChI=1S/C61H37NO/c1-2-18-40-39(17-1)41-19-3-4-21-43(41)45-36-35-38(37-51(45)44-22-6-5-20-42(40)44)62(57-33-15-27-49-48-25-10-14-34-58(48)63-60(49)57)56-32-16-31-55-59(56)50-26-9-13-30-54(50)61(55)52-28-11-7-23-46(52)47-24-8-12-29-53(47)61/h1-37H. The molecule has 0 amide bonds. The summed E-state index contributed by atoms with van der Waals surface area (Å²) >= 11 is 0. The lowest BCUT2D eigenvalue weighted by molar-refractivity contribution is 0.669. The predicted octanol–water partition coefficient (Wildman–Crippen LogP) is 16.4. The number of hydrogen-bond donors (Lipinski definition) is 0. The molecule has 1 spiro atoms. The summed E-state index contributed by atoms with van der Waals surface area (Å²) in [7, 11) is 0. The molecule has 0 aliphatic heterocycles. The first-order valence-corrected chi connectivity index (χ1v) is 21.8. The molecule has 0 saturated heterocycles. The van der Waals surface area contributed by atoms with Gasteiger partial charge in [-0.3, -0.25) is 0 Å². The van der Waals surface area contributed by atoms with Crippen molar-refractivity contribution in [1.82, 2.24) is 0 Å². The van der Waals surface area contributed by atoms with Gasteiger partial charge in [0.25, 0.3) is 0 Å². The average molecular weight is 800 g/mol. The highest BCUT2D eigenvalue weighted by Crippen LogP contribution is 2.65. The fraction of sp³-hybridized carbons (Fsp3) is 0.0164. The van der Waals surface area contributed by atoms with Crippen LogP contribution in [0.5, 0.6) is 0 Å². The number of nitrogens with zero attached hydrogens (tertiary/aromatic N) is 1. The van der Waals surface area contributed by atoms with E-state index in [1.807, 2.05) is 0 Å². The first kappa shape index (κ1) is 34.5. The summed E-state index contributed by atoms with van der Waals surface area (Å²) in [5.41, 5.74) is 24.5. The quantitative estimate of drug-likeness (QED) is 0.177. The van der Waals surface area contributed by atoms with Gasteiger partial charge in [0.15, 0.2) is 5.58 Å². The lowest BCUT2D eigenvalue weighted by Gasteiger charge is -2.32. The third-order valence-electron chi connectivity index (χ3n) is 14.1. The first-order valence-electron chi connectivity index (χ1n) is 21.8. The molecule has 2 heteroatoms. The van der Waals surface area contributed by atoms with E-state index in [4.69, 9.17) is 4.42 Å². The van der Waals surface area contributed by atoms with Crippen LogP contribution in [0.4, 0.5) is 17.1 Å². The molecule has 0 atom stereocenters. The third-order valence-corrected chi connectivity index (χ3v) is 14.1. The van der Waals surface area contributed by atoms with Crippen molar-refractivity contribution in [2.45, 2.75) is 5.41 Å². The van der Waals surface area contributed by atoms with Crippen molar-refractivity contribution < 1.29 is 4.42 Å². The zero-order chi connectivity index (χ0) is 41.2. The molecule has 0 N–H and O–H groups in total. The molecule has 3 aliphatic carbocycles. The van der Waals surface area contributed by atoms with E-state index < -0.39 is 5.41 Å². The van der Waals surface area contributed by atoms with Crippen LogP contribution in [0.25, 0.3) is 88.7 Å². The highest BCUT2D eigenvalue weighted by molar-refractivity contribution is 6.12. The molecule has 11 aromatic rings. The smallest absolute Gasteiger partial charge is 0.159 e. The van der Waals surface area contributed by atoms with Crippen LogP contribution >= 0.6 is 0 Å². The van der Waals surface area contributed by atoms with E-state index in [9.17, 15) is 0 Å². The van der Waals surface area contributed by atoms with E-state index in [-0.39, 0.29) is 0 Å². The van der Waals surface area contributed by atoms with Crippen LogP contribution in [0, 0.1) is 0 Å². The Morgan fingerprint density at radius 1 is 0.302 bits per heavy atom. The number of anilines is 3. The second kappa shape index (κ2) is 12.9. The second-order valence-electron chi connectivity index (χ2n) is 17.0. The molecule has 292 valence electrons. The number of para-hydroxylation sites is 2. The van der Waals surface area contributed by atoms with E-state index in [2.05, 4.69) is 229 Å². The van der Waals surface area contributed by atoms with Gasteiger partial charge in [0, 0.05) is 22.0 Å². The minimum atomic E-state index is -0.478. The highest BCUT2D eigenvalue weighted by atomic mass is 16.3. The molecular formula is C61H37NO. The number of fused-ring (bicyclic) bond motifs is 21. The van der Waals surface area contributed by atoms with Gasteiger partial charge in [-0.25, -0.2) is 0 Å². The molecular weight excluding hydrogens is 763 g/mol. The molecule has 0 bridgehead atoms. The molecule has 63 heavy (non-hydrogen) atoms. The Morgan fingerprint density at radius 2 is 0.730 bits per heavy atom. The Hall–Kier alpha value is -8.20. The fourth-order valence-electron chi connectivity index (χ4n) is 11.6. The summed E-state index contributed by atoms with van der Waals surface area (Å²) in [6.45, 7) is 0. The number of benzene rings is 10. The molecule has 10 aromatic carbocycles. The summed E-state index contributed by atoms with van der Waals surface area (Å²) in [6, 6.07) is 82.9. The largest absolute Gasteiger partial charge is 0.454 e. The number of hydrogen-bond acceptors (Lipinski definition) is 2. The van der Waals surface area contributed by atoms with Gasteiger partial charge in [-0.05, 0) is 114 Å². The maximum absolute atomic E-state index is 6.93. The molecule has 1 heterocycles. The molecule has 14 rings (SSSR count). The normalized spacial score (nSPS) is 13.2. The Balaban J connectivity index is 1.10. The third kappa shape index (κ3) is 4.57. The zero-order valence-corrected chi connectivity index (χ0v) is 34.2. The van der Waals surface area contributed by atoms with Crippen molar-refractivity contribution in [2.24, 2.45) is 0 Å². The van der Waals surface area contributed by atoms with Crippen LogP contribution < -0.4 is 4.90 Å². The van der Waals surface area contributed by atoms with Crippen LogP contribution in [0.15, 0.2) is 229 Å². The summed E-state index contributed by atoms with van der Waals surface area (Å²) in [6.07, 6.45) is 0. The van der Waals surface area contributed by atoms with Gasteiger partial charge in [-0.2, -0.15) is 0 Å². The zero-order valence-electron chi connectivity index (χ0n) is 34.2. The van der Waals surface area contributed by atoms with Crippen molar-refractivity contribution in [1.29, 1.82) is 0 Å². The van der Waals surface area contributed by atoms with Gasteiger partial charge < -0.3 is 9.32 Å². The Bertz CT molecular complexity index is 3670. The average Bonchev–Trinajstić information content (AvgIpc) is 3.99. The molecule has 0 unspecified atom stereocenters. The van der Waals surface area contributed by atoms with Crippen molar-refractivity contribution in [3.8, 4) is 66.8 Å². The van der Waals surface area contributed by atoms with Gasteiger partial charge in [0.1, 0.15) is 5.58 Å². The van der Waals surface area contributed by atoms with Crippen molar-refractivity contribution in [3.63, 3.8) is 0 Å². The highest BCUT2D eigenvalue weighted by Gasteiger charge is 2.52. The maximum atomic E-state index is 6.93. The summed E-state index contributed by atoms with van der Waals surface area (Å²) in [5.74, 6) is 0. The summed E-state index contributed by atoms with van der Waals surface area (Å²) < 4.78 is 6.93. The maximum Gasteiger partial charge on any atom is 0.159 e. The molecule has 0 saturated carbocycles. The number of furan rings is 1. The molecule has 3 aliphatic rings. The summed E-state index contributed by atoms with van der Waals surface area (Å²) in [5, 5.41) is 2.21. The topological polar surface area (TPSA) is 16.4 Å². The molecule has 2 nitrogen and oxygen atoms in total. The van der Waals surface area contributed by atoms with E-state index >= 15 is 0 Å². The van der Waals surface area contributed by atoms with Gasteiger partial charge in [-0.15, -0.1) is 0 Å². The molecule has 0 fully saturated rings. The Kier molecular flexibility index (Phi) is 7.07.